The molecule has 0 aromatic heterocycles. The van der Waals surface area contributed by atoms with Crippen LogP contribution in [0.4, 0.5) is 0 Å². The van der Waals surface area contributed by atoms with Crippen molar-refractivity contribution in [1.82, 2.24) is 9.80 Å². The third-order valence-electron chi connectivity index (χ3n) is 5.04. The Hall–Kier alpha value is -1.91. The molecule has 0 spiro atoms. The number of nitriles is 1. The topological polar surface area (TPSA) is 81.5 Å². The van der Waals surface area contributed by atoms with Gasteiger partial charge in [0.15, 0.2) is 9.84 Å². The number of hydrogen-bond acceptors (Lipinski definition) is 5. The highest BCUT2D eigenvalue weighted by molar-refractivity contribution is 7.91. The lowest BCUT2D eigenvalue weighted by atomic mass is 10.0. The second-order valence-electron chi connectivity index (χ2n) is 7.18. The highest BCUT2D eigenvalue weighted by atomic mass is 32.2. The van der Waals surface area contributed by atoms with Crippen molar-refractivity contribution in [2.24, 2.45) is 5.92 Å². The lowest BCUT2D eigenvalue weighted by Crippen LogP contribution is -2.60. The first-order valence-electron chi connectivity index (χ1n) is 8.55. The maximum Gasteiger partial charge on any atom is 0.225 e. The Morgan fingerprint density at radius 1 is 1.20 bits per heavy atom. The molecule has 2 saturated heterocycles. The van der Waals surface area contributed by atoms with E-state index in [1.165, 1.54) is 0 Å². The van der Waals surface area contributed by atoms with Crippen molar-refractivity contribution in [2.75, 3.05) is 24.6 Å². The lowest BCUT2D eigenvalue weighted by molar-refractivity contribution is -0.140. The minimum atomic E-state index is -3.14. The van der Waals surface area contributed by atoms with E-state index in [1.54, 1.807) is 17.0 Å². The summed E-state index contributed by atoms with van der Waals surface area (Å²) in [7, 11) is -3.14. The quantitative estimate of drug-likeness (QED) is 0.803. The second kappa shape index (κ2) is 6.77. The van der Waals surface area contributed by atoms with Gasteiger partial charge >= 0.3 is 0 Å². The van der Waals surface area contributed by atoms with Crippen LogP contribution in [0, 0.1) is 17.2 Å². The Labute approximate surface area is 148 Å². The summed E-state index contributed by atoms with van der Waals surface area (Å²) in [5.41, 5.74) is 1.66. The largest absolute Gasteiger partial charge is 0.336 e. The van der Waals surface area contributed by atoms with Crippen molar-refractivity contribution >= 4 is 15.7 Å². The van der Waals surface area contributed by atoms with Crippen LogP contribution in [0.3, 0.4) is 0 Å². The number of carbonyl (C=O) groups is 1. The van der Waals surface area contributed by atoms with Gasteiger partial charge in [0.25, 0.3) is 0 Å². The van der Waals surface area contributed by atoms with Crippen LogP contribution in [-0.2, 0) is 21.2 Å². The number of piperazine rings is 1. The summed E-state index contributed by atoms with van der Waals surface area (Å²) in [6, 6.07) is 9.04. The van der Waals surface area contributed by atoms with E-state index in [0.29, 0.717) is 25.2 Å². The third kappa shape index (κ3) is 3.70. The number of fused-ring (bicyclic) bond motifs is 1. The minimum Gasteiger partial charge on any atom is -0.336 e. The van der Waals surface area contributed by atoms with Crippen molar-refractivity contribution in [3.05, 3.63) is 35.4 Å². The predicted molar refractivity (Wildman–Crippen MR) is 94.3 cm³/mol. The van der Waals surface area contributed by atoms with Crippen LogP contribution in [0.25, 0.3) is 0 Å². The Kier molecular flexibility index (Phi) is 4.85. The molecule has 0 unspecified atom stereocenters. The first kappa shape index (κ1) is 17.9. The van der Waals surface area contributed by atoms with Gasteiger partial charge < -0.3 is 4.90 Å². The van der Waals surface area contributed by atoms with Crippen molar-refractivity contribution in [2.45, 2.75) is 32.5 Å². The minimum absolute atomic E-state index is 0.0325. The lowest BCUT2D eigenvalue weighted by Gasteiger charge is -2.44. The van der Waals surface area contributed by atoms with Crippen molar-refractivity contribution < 1.29 is 13.2 Å². The molecule has 6 nitrogen and oxygen atoms in total. The maximum atomic E-state index is 12.5. The number of amides is 1. The van der Waals surface area contributed by atoms with Gasteiger partial charge in [0.2, 0.25) is 5.91 Å². The number of benzene rings is 1. The molecule has 1 aromatic carbocycles. The molecule has 25 heavy (non-hydrogen) atoms. The molecular weight excluding hydrogens is 338 g/mol. The first-order chi connectivity index (χ1) is 11.8. The summed E-state index contributed by atoms with van der Waals surface area (Å²) in [4.78, 5) is 16.4. The zero-order valence-electron chi connectivity index (χ0n) is 14.6. The molecule has 0 radical (unpaired) electrons. The predicted octanol–water partition coefficient (Wildman–Crippen LogP) is 1.02. The summed E-state index contributed by atoms with van der Waals surface area (Å²) < 4.78 is 24.4. The molecule has 0 N–H and O–H groups in total. The molecule has 3 rings (SSSR count). The molecule has 0 aliphatic carbocycles. The normalized spacial score (nSPS) is 25.6. The van der Waals surface area contributed by atoms with Crippen molar-refractivity contribution in [3.63, 3.8) is 0 Å². The zero-order chi connectivity index (χ0) is 18.2. The number of nitrogens with zero attached hydrogens (tertiary/aromatic N) is 3. The van der Waals surface area contributed by atoms with Crippen LogP contribution in [0.1, 0.15) is 25.0 Å². The first-order valence-corrected chi connectivity index (χ1v) is 10.4. The monoisotopic (exact) mass is 361 g/mol. The maximum absolute atomic E-state index is 12.5. The van der Waals surface area contributed by atoms with E-state index in [1.807, 2.05) is 26.0 Å². The van der Waals surface area contributed by atoms with Gasteiger partial charge in [-0.1, -0.05) is 26.0 Å². The van der Waals surface area contributed by atoms with Gasteiger partial charge in [-0.15, -0.1) is 0 Å². The molecular formula is C18H23N3O3S. The summed E-state index contributed by atoms with van der Waals surface area (Å²) >= 11 is 0. The number of hydrogen-bond donors (Lipinski definition) is 0. The number of rotatable bonds is 3. The molecule has 0 bridgehead atoms. The standard InChI is InChI=1S/C18H23N3O3S/c1-13(2)18(22)21-8-7-20(16-11-25(23,24)12-17(16)21)10-15-5-3-14(9-19)4-6-15/h3-6,13,16-17H,7-8,10-12H2,1-2H3/t16-,17+/m0/s1. The SMILES string of the molecule is CC(C)C(=O)N1CCN(Cc2ccc(C#N)cc2)[C@H]2CS(=O)(=O)C[C@H]21. The molecule has 2 fully saturated rings. The van der Waals surface area contributed by atoms with Gasteiger partial charge in [-0.3, -0.25) is 9.69 Å². The molecule has 134 valence electrons. The van der Waals surface area contributed by atoms with Crippen molar-refractivity contribution in [1.29, 1.82) is 5.26 Å². The molecule has 7 heteroatoms. The van der Waals surface area contributed by atoms with Crippen LogP contribution in [0.5, 0.6) is 0 Å². The van der Waals surface area contributed by atoms with Gasteiger partial charge in [0.05, 0.1) is 29.2 Å². The third-order valence-corrected chi connectivity index (χ3v) is 6.74. The zero-order valence-corrected chi connectivity index (χ0v) is 15.4. The molecule has 1 amide bonds. The molecule has 1 aromatic rings. The Morgan fingerprint density at radius 2 is 1.84 bits per heavy atom. The Bertz CT molecular complexity index is 796. The summed E-state index contributed by atoms with van der Waals surface area (Å²) in [5, 5.41) is 8.89. The van der Waals surface area contributed by atoms with E-state index in [0.717, 1.165) is 5.56 Å². The second-order valence-corrected chi connectivity index (χ2v) is 9.33. The fourth-order valence-corrected chi connectivity index (χ4v) is 5.76. The van der Waals surface area contributed by atoms with Crippen LogP contribution < -0.4 is 0 Å². The number of sulfone groups is 1. The van der Waals surface area contributed by atoms with E-state index < -0.39 is 9.84 Å². The van der Waals surface area contributed by atoms with E-state index in [9.17, 15) is 13.2 Å². The fraction of sp³-hybridized carbons (Fsp3) is 0.556. The highest BCUT2D eigenvalue weighted by Gasteiger charge is 2.48. The van der Waals surface area contributed by atoms with Crippen LogP contribution >= 0.6 is 0 Å². The van der Waals surface area contributed by atoms with Gasteiger partial charge in [0.1, 0.15) is 0 Å². The number of carbonyl (C=O) groups excluding carboxylic acids is 1. The average molecular weight is 361 g/mol. The molecule has 2 atom stereocenters. The van der Waals surface area contributed by atoms with E-state index in [-0.39, 0.29) is 35.4 Å². The Morgan fingerprint density at radius 3 is 2.44 bits per heavy atom. The van der Waals surface area contributed by atoms with Crippen LogP contribution in [-0.4, -0.2) is 60.8 Å². The smallest absolute Gasteiger partial charge is 0.225 e. The fourth-order valence-electron chi connectivity index (χ4n) is 3.75. The molecule has 0 saturated carbocycles. The van der Waals surface area contributed by atoms with E-state index >= 15 is 0 Å². The average Bonchev–Trinajstić information content (AvgIpc) is 2.90. The van der Waals surface area contributed by atoms with Crippen LogP contribution in [0.2, 0.25) is 0 Å². The van der Waals surface area contributed by atoms with Gasteiger partial charge in [-0.05, 0) is 17.7 Å². The summed E-state index contributed by atoms with van der Waals surface area (Å²) in [6.45, 7) is 5.55. The van der Waals surface area contributed by atoms with Gasteiger partial charge in [-0.25, -0.2) is 8.42 Å². The van der Waals surface area contributed by atoms with E-state index in [2.05, 4.69) is 11.0 Å². The van der Waals surface area contributed by atoms with Crippen LogP contribution in [0.15, 0.2) is 24.3 Å². The summed E-state index contributed by atoms with van der Waals surface area (Å²) in [6.07, 6.45) is 0. The Balaban J connectivity index is 1.80. The molecule has 2 heterocycles. The summed E-state index contributed by atoms with van der Waals surface area (Å²) in [5.74, 6) is 0.0645. The van der Waals surface area contributed by atoms with Gasteiger partial charge in [0, 0.05) is 31.6 Å². The highest BCUT2D eigenvalue weighted by Crippen LogP contribution is 2.29. The molecule has 2 aliphatic rings. The van der Waals surface area contributed by atoms with E-state index in [4.69, 9.17) is 5.26 Å². The van der Waals surface area contributed by atoms with Crippen molar-refractivity contribution in [3.8, 4) is 6.07 Å². The van der Waals surface area contributed by atoms with Gasteiger partial charge in [-0.2, -0.15) is 5.26 Å². The molecule has 2 aliphatic heterocycles.